The zero-order valence-electron chi connectivity index (χ0n) is 13.0. The van der Waals surface area contributed by atoms with E-state index in [1.807, 2.05) is 13.8 Å². The first kappa shape index (κ1) is 15.6. The van der Waals surface area contributed by atoms with Crippen molar-refractivity contribution in [1.29, 1.82) is 0 Å². The van der Waals surface area contributed by atoms with Gasteiger partial charge in [0.05, 0.1) is 17.5 Å². The van der Waals surface area contributed by atoms with Gasteiger partial charge in [0.15, 0.2) is 6.29 Å². The van der Waals surface area contributed by atoms with Crippen LogP contribution < -0.4 is 16.0 Å². The maximum Gasteiger partial charge on any atom is 0.260 e. The number of nitrogens with one attached hydrogen (secondary N) is 3. The predicted octanol–water partition coefficient (Wildman–Crippen LogP) is 0.558. The number of hydrogen-bond donors (Lipinski definition) is 3. The van der Waals surface area contributed by atoms with Crippen LogP contribution in [0, 0.1) is 13.8 Å². The van der Waals surface area contributed by atoms with Gasteiger partial charge in [-0.1, -0.05) is 11.3 Å². The van der Waals surface area contributed by atoms with Crippen LogP contribution >= 0.6 is 11.3 Å². The second kappa shape index (κ2) is 6.05. The smallest absolute Gasteiger partial charge is 0.260 e. The number of aryl methyl sites for hydroxylation is 1. The number of carbonyl (C=O) groups excluding carboxylic acids is 2. The molecule has 2 unspecified atom stereocenters. The van der Waals surface area contributed by atoms with E-state index in [0.717, 1.165) is 5.01 Å². The lowest BCUT2D eigenvalue weighted by atomic mass is 10.2. The topological polar surface area (TPSA) is 114 Å². The molecule has 1 saturated heterocycles. The molecule has 1 fully saturated rings. The maximum atomic E-state index is 12.3. The first-order chi connectivity index (χ1) is 10.9. The summed E-state index contributed by atoms with van der Waals surface area (Å²) in [6.45, 7) is 5.52. The van der Waals surface area contributed by atoms with E-state index in [1.54, 1.807) is 11.6 Å². The zero-order valence-corrected chi connectivity index (χ0v) is 13.8. The molecule has 23 heavy (non-hydrogen) atoms. The monoisotopic (exact) mass is 335 g/mol. The number of anilines is 1. The quantitative estimate of drug-likeness (QED) is 0.755. The number of carbonyl (C=O) groups is 2. The highest BCUT2D eigenvalue weighted by atomic mass is 32.1. The molecule has 1 aliphatic heterocycles. The van der Waals surface area contributed by atoms with Gasteiger partial charge in [-0.15, -0.1) is 10.2 Å². The normalized spacial score (nSPS) is 21.1. The molecule has 0 bridgehead atoms. The minimum absolute atomic E-state index is 0.0407. The first-order valence-electron chi connectivity index (χ1n) is 7.15. The summed E-state index contributed by atoms with van der Waals surface area (Å²) in [6.07, 6.45) is 1.43. The number of aromatic nitrogens is 4. The number of rotatable bonds is 3. The van der Waals surface area contributed by atoms with E-state index >= 15 is 0 Å². The summed E-state index contributed by atoms with van der Waals surface area (Å²) >= 11 is 1.30. The van der Waals surface area contributed by atoms with Gasteiger partial charge < -0.3 is 5.32 Å². The van der Waals surface area contributed by atoms with Crippen LogP contribution in [0.15, 0.2) is 6.20 Å². The molecule has 0 spiro atoms. The van der Waals surface area contributed by atoms with Crippen molar-refractivity contribution in [3.05, 3.63) is 22.5 Å². The Balaban J connectivity index is 1.78. The molecule has 9 nitrogen and oxygen atoms in total. The fourth-order valence-electron chi connectivity index (χ4n) is 2.41. The second-order valence-electron chi connectivity index (χ2n) is 5.41. The summed E-state index contributed by atoms with van der Waals surface area (Å²) in [4.78, 5) is 24.0. The van der Waals surface area contributed by atoms with Crippen molar-refractivity contribution in [2.45, 2.75) is 39.5 Å². The van der Waals surface area contributed by atoms with Gasteiger partial charge in [-0.2, -0.15) is 5.10 Å². The van der Waals surface area contributed by atoms with Crippen LogP contribution in [0.5, 0.6) is 0 Å². The predicted molar refractivity (Wildman–Crippen MR) is 84.0 cm³/mol. The molecule has 3 N–H and O–H groups in total. The molecule has 2 atom stereocenters. The Kier molecular flexibility index (Phi) is 4.09. The van der Waals surface area contributed by atoms with Crippen molar-refractivity contribution in [3.8, 4) is 0 Å². The molecule has 3 heterocycles. The highest BCUT2D eigenvalue weighted by Crippen LogP contribution is 2.18. The molecule has 0 radical (unpaired) electrons. The van der Waals surface area contributed by atoms with Crippen LogP contribution in [0.1, 0.15) is 40.7 Å². The molecular weight excluding hydrogens is 318 g/mol. The standard InChI is InChI=1S/C13H17N7O2S/c1-6-4-10(21)16-12(15-6)20-7(2)9(5-14-20)11(22)17-13-19-18-8(3)23-13/h5-6,12,15H,4H2,1-3H3,(H,16,21)(H,17,19,22). The molecule has 122 valence electrons. The van der Waals surface area contributed by atoms with Crippen molar-refractivity contribution in [3.63, 3.8) is 0 Å². The first-order valence-corrected chi connectivity index (χ1v) is 7.96. The van der Waals surface area contributed by atoms with E-state index in [1.165, 1.54) is 17.5 Å². The second-order valence-corrected chi connectivity index (χ2v) is 6.59. The van der Waals surface area contributed by atoms with Gasteiger partial charge in [-0.05, 0) is 20.8 Å². The minimum Gasteiger partial charge on any atom is -0.322 e. The molecule has 10 heteroatoms. The van der Waals surface area contributed by atoms with Crippen LogP contribution in [0.4, 0.5) is 5.13 Å². The fourth-order valence-corrected chi connectivity index (χ4v) is 3.00. The highest BCUT2D eigenvalue weighted by Gasteiger charge is 2.27. The summed E-state index contributed by atoms with van der Waals surface area (Å²) < 4.78 is 1.59. The maximum absolute atomic E-state index is 12.3. The minimum atomic E-state index is -0.462. The average Bonchev–Trinajstić information content (AvgIpc) is 3.04. The number of hydrogen-bond acceptors (Lipinski definition) is 7. The van der Waals surface area contributed by atoms with E-state index in [2.05, 4.69) is 31.2 Å². The molecular formula is C13H17N7O2S. The van der Waals surface area contributed by atoms with Crippen LogP contribution in [0.25, 0.3) is 0 Å². The molecule has 2 amide bonds. The van der Waals surface area contributed by atoms with E-state index < -0.39 is 6.29 Å². The van der Waals surface area contributed by atoms with Gasteiger partial charge in [-0.25, -0.2) is 4.68 Å². The molecule has 1 aliphatic rings. The Morgan fingerprint density at radius 1 is 1.43 bits per heavy atom. The largest absolute Gasteiger partial charge is 0.322 e. The lowest BCUT2D eigenvalue weighted by Gasteiger charge is -2.30. The lowest BCUT2D eigenvalue weighted by molar-refractivity contribution is -0.125. The summed E-state index contributed by atoms with van der Waals surface area (Å²) in [5, 5.41) is 21.9. The summed E-state index contributed by atoms with van der Waals surface area (Å²) in [5.74, 6) is -0.355. The van der Waals surface area contributed by atoms with Gasteiger partial charge >= 0.3 is 0 Å². The Labute approximate surface area is 136 Å². The van der Waals surface area contributed by atoms with E-state index in [9.17, 15) is 9.59 Å². The van der Waals surface area contributed by atoms with Gasteiger partial charge in [0.25, 0.3) is 5.91 Å². The summed E-state index contributed by atoms with van der Waals surface area (Å²) in [5.41, 5.74) is 1.07. The van der Waals surface area contributed by atoms with Crippen LogP contribution in [0.3, 0.4) is 0 Å². The molecule has 2 aromatic rings. The number of nitrogens with zero attached hydrogens (tertiary/aromatic N) is 4. The zero-order chi connectivity index (χ0) is 16.6. The van der Waals surface area contributed by atoms with E-state index in [-0.39, 0.29) is 17.9 Å². The van der Waals surface area contributed by atoms with Gasteiger partial charge in [0, 0.05) is 12.5 Å². The fraction of sp³-hybridized carbons (Fsp3) is 0.462. The third kappa shape index (κ3) is 3.22. The Bertz CT molecular complexity index is 753. The third-order valence-electron chi connectivity index (χ3n) is 3.51. The van der Waals surface area contributed by atoms with Crippen molar-refractivity contribution in [2.24, 2.45) is 0 Å². The molecule has 2 aromatic heterocycles. The Morgan fingerprint density at radius 2 is 2.22 bits per heavy atom. The van der Waals surface area contributed by atoms with E-state index in [4.69, 9.17) is 0 Å². The van der Waals surface area contributed by atoms with Crippen molar-refractivity contribution < 1.29 is 9.59 Å². The Hall–Kier alpha value is -2.33. The molecule has 3 rings (SSSR count). The molecule has 0 aliphatic carbocycles. The van der Waals surface area contributed by atoms with Crippen LogP contribution in [-0.4, -0.2) is 37.8 Å². The van der Waals surface area contributed by atoms with Crippen LogP contribution in [0.2, 0.25) is 0 Å². The SMILES string of the molecule is Cc1nnc(NC(=O)c2cnn(C3NC(=O)CC(C)N3)c2C)s1. The van der Waals surface area contributed by atoms with Crippen molar-refractivity contribution >= 4 is 28.3 Å². The molecule has 0 aromatic carbocycles. The number of amides is 2. The van der Waals surface area contributed by atoms with Crippen molar-refractivity contribution in [2.75, 3.05) is 5.32 Å². The summed E-state index contributed by atoms with van der Waals surface area (Å²) in [6, 6.07) is 0.0407. The van der Waals surface area contributed by atoms with Gasteiger partial charge in [-0.3, -0.25) is 20.2 Å². The van der Waals surface area contributed by atoms with Gasteiger partial charge in [0.1, 0.15) is 5.01 Å². The summed E-state index contributed by atoms with van der Waals surface area (Å²) in [7, 11) is 0. The van der Waals surface area contributed by atoms with Crippen molar-refractivity contribution in [1.82, 2.24) is 30.6 Å². The Morgan fingerprint density at radius 3 is 2.87 bits per heavy atom. The average molecular weight is 335 g/mol. The molecule has 0 saturated carbocycles. The highest BCUT2D eigenvalue weighted by molar-refractivity contribution is 7.15. The third-order valence-corrected chi connectivity index (χ3v) is 4.27. The van der Waals surface area contributed by atoms with Crippen LogP contribution in [-0.2, 0) is 4.79 Å². The van der Waals surface area contributed by atoms with E-state index in [0.29, 0.717) is 22.8 Å². The lowest BCUT2D eigenvalue weighted by Crippen LogP contribution is -2.52. The van der Waals surface area contributed by atoms with Gasteiger partial charge in [0.2, 0.25) is 11.0 Å².